The number of rotatable bonds is 9. The summed E-state index contributed by atoms with van der Waals surface area (Å²) in [6.45, 7) is 8.85. The Bertz CT molecular complexity index is 1130. The van der Waals surface area contributed by atoms with Gasteiger partial charge in [0.25, 0.3) is 5.91 Å². The molecule has 4 aliphatic rings. The molecule has 1 aliphatic heterocycles. The monoisotopic (exact) mass is 568 g/mol. The predicted molar refractivity (Wildman–Crippen MR) is 141 cm³/mol. The molecule has 3 saturated carbocycles. The van der Waals surface area contributed by atoms with Crippen LogP contribution in [-0.4, -0.2) is 83.9 Å². The highest BCUT2D eigenvalue weighted by Crippen LogP contribution is 2.45. The number of alkyl carbamates (subject to hydrolysis) is 1. The first-order chi connectivity index (χ1) is 18.2. The van der Waals surface area contributed by atoms with E-state index in [0.717, 1.165) is 25.7 Å². The molecule has 39 heavy (non-hydrogen) atoms. The van der Waals surface area contributed by atoms with Crippen LogP contribution in [0.3, 0.4) is 0 Å². The molecule has 0 aromatic heterocycles. The van der Waals surface area contributed by atoms with Crippen molar-refractivity contribution in [3.05, 3.63) is 12.7 Å². The van der Waals surface area contributed by atoms with Crippen molar-refractivity contribution in [2.24, 2.45) is 11.3 Å². The van der Waals surface area contributed by atoms with Crippen LogP contribution in [0.25, 0.3) is 0 Å². The largest absolute Gasteiger partial charge is 0.446 e. The van der Waals surface area contributed by atoms with E-state index in [9.17, 15) is 32.7 Å². The van der Waals surface area contributed by atoms with Crippen LogP contribution >= 0.6 is 0 Å². The second-order valence-electron chi connectivity index (χ2n) is 12.3. The molecule has 0 spiro atoms. The smallest absolute Gasteiger partial charge is 0.408 e. The van der Waals surface area contributed by atoms with Gasteiger partial charge in [-0.25, -0.2) is 13.2 Å². The number of ether oxygens (including phenoxy) is 1. The summed E-state index contributed by atoms with van der Waals surface area (Å²) >= 11 is 0. The molecule has 5 unspecified atom stereocenters. The van der Waals surface area contributed by atoms with Gasteiger partial charge in [-0.1, -0.05) is 26.8 Å². The first-order valence-corrected chi connectivity index (χ1v) is 15.2. The maximum absolute atomic E-state index is 13.7. The maximum Gasteiger partial charge on any atom is 0.408 e. The van der Waals surface area contributed by atoms with E-state index >= 15 is 0 Å². The van der Waals surface area contributed by atoms with Crippen LogP contribution in [0.5, 0.6) is 0 Å². The molecule has 218 valence electrons. The fourth-order valence-corrected chi connectivity index (χ4v) is 6.81. The Hall–Kier alpha value is -2.67. The summed E-state index contributed by atoms with van der Waals surface area (Å²) in [4.78, 5) is 54.1. The van der Waals surface area contributed by atoms with Crippen LogP contribution in [0.4, 0.5) is 4.79 Å². The molecule has 0 radical (unpaired) electrons. The number of carbonyl (C=O) groups excluding carboxylic acids is 4. The molecular formula is C26H40N4O8S. The van der Waals surface area contributed by atoms with Crippen molar-refractivity contribution < 1.29 is 37.4 Å². The van der Waals surface area contributed by atoms with Gasteiger partial charge >= 0.3 is 6.09 Å². The van der Waals surface area contributed by atoms with Gasteiger partial charge in [-0.3, -0.25) is 19.1 Å². The Balaban J connectivity index is 1.48. The van der Waals surface area contributed by atoms with Crippen LogP contribution < -0.4 is 15.4 Å². The topological polar surface area (TPSA) is 171 Å². The molecule has 1 heterocycles. The zero-order valence-corrected chi connectivity index (χ0v) is 23.6. The molecule has 13 heteroatoms. The Kier molecular flexibility index (Phi) is 8.06. The van der Waals surface area contributed by atoms with E-state index < -0.39 is 74.1 Å². The van der Waals surface area contributed by atoms with Crippen LogP contribution in [0.2, 0.25) is 0 Å². The highest BCUT2D eigenvalue weighted by Gasteiger charge is 2.62. The van der Waals surface area contributed by atoms with Crippen LogP contribution in [0.1, 0.15) is 72.1 Å². The summed E-state index contributed by atoms with van der Waals surface area (Å²) < 4.78 is 32.3. The van der Waals surface area contributed by atoms with E-state index in [-0.39, 0.29) is 25.5 Å². The van der Waals surface area contributed by atoms with E-state index in [0.29, 0.717) is 12.8 Å². The maximum atomic E-state index is 13.7. The molecule has 0 aromatic carbocycles. The first kappa shape index (κ1) is 29.3. The van der Waals surface area contributed by atoms with Crippen molar-refractivity contribution in [2.75, 3.05) is 6.54 Å². The average Bonchev–Trinajstić information content (AvgIpc) is 3.72. The summed E-state index contributed by atoms with van der Waals surface area (Å²) in [6, 6.07) is -2.17. The molecule has 3 aliphatic carbocycles. The van der Waals surface area contributed by atoms with Crippen molar-refractivity contribution in [1.82, 2.24) is 20.3 Å². The molecule has 12 nitrogen and oxygen atoms in total. The van der Waals surface area contributed by atoms with Crippen molar-refractivity contribution >= 4 is 33.8 Å². The van der Waals surface area contributed by atoms with E-state index in [1.165, 1.54) is 11.0 Å². The first-order valence-electron chi connectivity index (χ1n) is 13.6. The fraction of sp³-hybridized carbons (Fsp3) is 0.769. The number of hydrogen-bond donors (Lipinski definition) is 4. The van der Waals surface area contributed by atoms with Gasteiger partial charge < -0.3 is 25.4 Å². The standard InChI is InChI=1S/C26H40N4O8S/c1-5-15-13-26(15,23(34)29-39(36,37)18-10-11-18)28-21(32)19-12-16(31)14-30(19)22(33)20(25(2,3)4)27-24(35)38-17-8-6-7-9-17/h5,15-20,31H,1,6-14H2,2-4H3,(H,27,35)(H,28,32)(H,29,34). The Morgan fingerprint density at radius 2 is 1.77 bits per heavy atom. The van der Waals surface area contributed by atoms with Crippen LogP contribution in [-0.2, 0) is 29.1 Å². The number of nitrogens with one attached hydrogen (secondary N) is 3. The summed E-state index contributed by atoms with van der Waals surface area (Å²) in [5, 5.41) is 15.1. The Labute approximate surface area is 229 Å². The fourth-order valence-electron chi connectivity index (χ4n) is 5.45. The van der Waals surface area contributed by atoms with Crippen LogP contribution in [0.15, 0.2) is 12.7 Å². The van der Waals surface area contributed by atoms with E-state index in [2.05, 4.69) is 21.9 Å². The quantitative estimate of drug-likeness (QED) is 0.294. The summed E-state index contributed by atoms with van der Waals surface area (Å²) in [6.07, 6.45) is 4.09. The van der Waals surface area contributed by atoms with Gasteiger partial charge in [0, 0.05) is 18.9 Å². The molecule has 0 bridgehead atoms. The highest BCUT2D eigenvalue weighted by molar-refractivity contribution is 7.91. The summed E-state index contributed by atoms with van der Waals surface area (Å²) in [5.74, 6) is -2.58. The van der Waals surface area contributed by atoms with Gasteiger partial charge in [-0.15, -0.1) is 6.58 Å². The molecule has 1 saturated heterocycles. The highest BCUT2D eigenvalue weighted by atomic mass is 32.2. The lowest BCUT2D eigenvalue weighted by Crippen LogP contribution is -2.60. The van der Waals surface area contributed by atoms with Crippen molar-refractivity contribution in [3.63, 3.8) is 0 Å². The van der Waals surface area contributed by atoms with Crippen molar-refractivity contribution in [1.29, 1.82) is 0 Å². The van der Waals surface area contributed by atoms with E-state index in [4.69, 9.17) is 4.74 Å². The molecule has 4 amide bonds. The van der Waals surface area contributed by atoms with Gasteiger partial charge in [-0.2, -0.15) is 0 Å². The third kappa shape index (κ3) is 6.40. The minimum Gasteiger partial charge on any atom is -0.446 e. The minimum absolute atomic E-state index is 0.0716. The van der Waals surface area contributed by atoms with Gasteiger partial charge in [-0.05, 0) is 50.4 Å². The van der Waals surface area contributed by atoms with Crippen molar-refractivity contribution in [2.45, 2.75) is 107 Å². The number of amides is 4. The lowest BCUT2D eigenvalue weighted by Gasteiger charge is -2.35. The van der Waals surface area contributed by atoms with Gasteiger partial charge in [0.15, 0.2) is 0 Å². The number of hydrogen-bond acceptors (Lipinski definition) is 8. The summed E-state index contributed by atoms with van der Waals surface area (Å²) in [5.41, 5.74) is -2.25. The number of aliphatic hydroxyl groups excluding tert-OH is 1. The lowest BCUT2D eigenvalue weighted by atomic mass is 9.85. The molecule has 0 aromatic rings. The zero-order valence-electron chi connectivity index (χ0n) is 22.8. The number of nitrogens with zero attached hydrogens (tertiary/aromatic N) is 1. The molecule has 4 rings (SSSR count). The van der Waals surface area contributed by atoms with E-state index in [1.807, 2.05) is 0 Å². The van der Waals surface area contributed by atoms with Crippen LogP contribution in [0, 0.1) is 11.3 Å². The van der Waals surface area contributed by atoms with Crippen molar-refractivity contribution in [3.8, 4) is 0 Å². The number of aliphatic hydroxyl groups is 1. The average molecular weight is 569 g/mol. The Morgan fingerprint density at radius 3 is 2.31 bits per heavy atom. The minimum atomic E-state index is -3.84. The second kappa shape index (κ2) is 10.7. The zero-order chi connectivity index (χ0) is 28.8. The SMILES string of the molecule is C=CC1CC1(NC(=O)C1CC(O)CN1C(=O)C(NC(=O)OC1CCCC1)C(C)(C)C)C(=O)NS(=O)(=O)C1CC1. The summed E-state index contributed by atoms with van der Waals surface area (Å²) in [7, 11) is -3.84. The predicted octanol–water partition coefficient (Wildman–Crippen LogP) is 0.701. The molecule has 4 fully saturated rings. The number of sulfonamides is 1. The third-order valence-corrected chi connectivity index (χ3v) is 9.88. The number of carbonyl (C=O) groups is 4. The lowest BCUT2D eigenvalue weighted by molar-refractivity contribution is -0.143. The Morgan fingerprint density at radius 1 is 1.13 bits per heavy atom. The molecular weight excluding hydrogens is 528 g/mol. The second-order valence-corrected chi connectivity index (χ2v) is 14.3. The van der Waals surface area contributed by atoms with Gasteiger partial charge in [0.2, 0.25) is 21.8 Å². The molecule has 5 atom stereocenters. The van der Waals surface area contributed by atoms with Gasteiger partial charge in [0.1, 0.15) is 23.7 Å². The third-order valence-electron chi connectivity index (χ3n) is 8.06. The van der Waals surface area contributed by atoms with E-state index in [1.54, 1.807) is 20.8 Å². The molecule has 4 N–H and O–H groups in total. The number of likely N-dealkylation sites (tertiary alicyclic amines) is 1. The van der Waals surface area contributed by atoms with Gasteiger partial charge in [0.05, 0.1) is 11.4 Å². The number of β-amino-alcohol motifs (C(OH)–C–C–N with tert-alkyl or cyclic N) is 1. The normalized spacial score (nSPS) is 29.8.